The minimum atomic E-state index is -3.71. The fourth-order valence-corrected chi connectivity index (χ4v) is 4.59. The van der Waals surface area contributed by atoms with Gasteiger partial charge >= 0.3 is 12.1 Å². The summed E-state index contributed by atoms with van der Waals surface area (Å²) in [7, 11) is -1.29. The van der Waals surface area contributed by atoms with E-state index in [2.05, 4.69) is 15.0 Å². The first kappa shape index (κ1) is 21.4. The van der Waals surface area contributed by atoms with Crippen molar-refractivity contribution in [3.63, 3.8) is 0 Å². The molecule has 1 heterocycles. The van der Waals surface area contributed by atoms with E-state index < -0.39 is 33.9 Å². The third-order valence-electron chi connectivity index (χ3n) is 4.95. The lowest BCUT2D eigenvalue weighted by atomic mass is 9.93. The molecule has 1 amide bonds. The summed E-state index contributed by atoms with van der Waals surface area (Å²) in [6.45, 7) is 1.73. The van der Waals surface area contributed by atoms with Crippen LogP contribution in [0.25, 0.3) is 10.9 Å². The molecule has 0 unspecified atom stereocenters. The third-order valence-corrected chi connectivity index (χ3v) is 6.72. The normalized spacial score (nSPS) is 13.4. The van der Waals surface area contributed by atoms with Crippen LogP contribution in [0.3, 0.4) is 0 Å². The van der Waals surface area contributed by atoms with Crippen molar-refractivity contribution in [3.8, 4) is 0 Å². The highest BCUT2D eigenvalue weighted by atomic mass is 32.2. The third kappa shape index (κ3) is 4.02. The van der Waals surface area contributed by atoms with Crippen LogP contribution in [-0.4, -0.2) is 45.7 Å². The van der Waals surface area contributed by atoms with Crippen molar-refractivity contribution in [2.75, 3.05) is 14.2 Å². The molecule has 0 aliphatic carbocycles. The largest absolute Gasteiger partial charge is 0.467 e. The molecule has 0 bridgehead atoms. The second-order valence-corrected chi connectivity index (χ2v) is 8.64. The predicted molar refractivity (Wildman–Crippen MR) is 110 cm³/mol. The van der Waals surface area contributed by atoms with Gasteiger partial charge in [0, 0.05) is 23.0 Å². The number of carbonyl (C=O) groups is 2. The number of benzene rings is 2. The van der Waals surface area contributed by atoms with Gasteiger partial charge in [-0.25, -0.2) is 18.0 Å². The molecule has 1 aromatic heterocycles. The molecule has 0 aliphatic rings. The highest BCUT2D eigenvalue weighted by Gasteiger charge is 2.31. The number of methoxy groups -OCH3 is 2. The number of hydrogen-bond acceptors (Lipinski definition) is 6. The van der Waals surface area contributed by atoms with Gasteiger partial charge in [0.05, 0.1) is 24.0 Å². The molecule has 3 aromatic rings. The number of aromatic nitrogens is 1. The molecule has 0 radical (unpaired) electrons. The molecule has 9 heteroatoms. The Hall–Kier alpha value is -3.33. The number of sulfone groups is 1. The molecule has 0 fully saturated rings. The molecule has 0 spiro atoms. The molecule has 158 valence electrons. The number of rotatable bonds is 6. The minimum Gasteiger partial charge on any atom is -0.467 e. The van der Waals surface area contributed by atoms with Gasteiger partial charge in [-0.1, -0.05) is 25.1 Å². The van der Waals surface area contributed by atoms with E-state index in [0.29, 0.717) is 16.5 Å². The number of esters is 1. The maximum atomic E-state index is 13.0. The highest BCUT2D eigenvalue weighted by molar-refractivity contribution is 7.91. The molecule has 2 N–H and O–H groups in total. The first-order chi connectivity index (χ1) is 14.3. The number of H-pyrrole nitrogens is 1. The van der Waals surface area contributed by atoms with E-state index >= 15 is 0 Å². The Labute approximate surface area is 174 Å². The maximum absolute atomic E-state index is 13.0. The van der Waals surface area contributed by atoms with E-state index in [9.17, 15) is 18.0 Å². The Morgan fingerprint density at radius 1 is 1.00 bits per heavy atom. The van der Waals surface area contributed by atoms with Crippen LogP contribution in [0.1, 0.15) is 18.4 Å². The van der Waals surface area contributed by atoms with Gasteiger partial charge in [-0.3, -0.25) is 0 Å². The molecule has 30 heavy (non-hydrogen) atoms. The predicted octanol–water partition coefficient (Wildman–Crippen LogP) is 3.00. The zero-order chi connectivity index (χ0) is 21.9. The van der Waals surface area contributed by atoms with Gasteiger partial charge in [-0.2, -0.15) is 0 Å². The smallest absolute Gasteiger partial charge is 0.407 e. The van der Waals surface area contributed by atoms with Gasteiger partial charge in [0.2, 0.25) is 9.84 Å². The van der Waals surface area contributed by atoms with Crippen LogP contribution < -0.4 is 5.32 Å². The van der Waals surface area contributed by atoms with E-state index in [-0.39, 0.29) is 9.79 Å². The number of carbonyl (C=O) groups excluding carboxylic acids is 2. The van der Waals surface area contributed by atoms with E-state index in [1.54, 1.807) is 43.5 Å². The molecule has 3 rings (SSSR count). The Kier molecular flexibility index (Phi) is 6.12. The summed E-state index contributed by atoms with van der Waals surface area (Å²) in [5.74, 6) is -1.17. The monoisotopic (exact) mass is 430 g/mol. The molecule has 8 nitrogen and oxygen atoms in total. The van der Waals surface area contributed by atoms with E-state index in [1.165, 1.54) is 32.4 Å². The lowest BCUT2D eigenvalue weighted by Crippen LogP contribution is -2.44. The van der Waals surface area contributed by atoms with Gasteiger partial charge in [0.15, 0.2) is 0 Å². The summed E-state index contributed by atoms with van der Waals surface area (Å²) in [4.78, 5) is 27.3. The number of aromatic amines is 1. The summed E-state index contributed by atoms with van der Waals surface area (Å²) in [5.41, 5.74) is 1.35. The highest BCUT2D eigenvalue weighted by Crippen LogP contribution is 2.31. The number of amides is 1. The van der Waals surface area contributed by atoms with Crippen molar-refractivity contribution >= 4 is 32.8 Å². The fraction of sp³-hybridized carbons (Fsp3) is 0.238. The van der Waals surface area contributed by atoms with Crippen LogP contribution in [-0.2, 0) is 24.1 Å². The van der Waals surface area contributed by atoms with Gasteiger partial charge in [0.25, 0.3) is 0 Å². The number of hydrogen-bond donors (Lipinski definition) is 2. The SMILES string of the molecule is COC(=O)N[C@H](C(=O)OC)[C@@H](C)c1c[nH]c2ccc(S(=O)(=O)c3ccccc3)cc12. The van der Waals surface area contributed by atoms with E-state index in [4.69, 9.17) is 4.74 Å². The van der Waals surface area contributed by atoms with Crippen molar-refractivity contribution < 1.29 is 27.5 Å². The van der Waals surface area contributed by atoms with Gasteiger partial charge in [-0.05, 0) is 35.9 Å². The van der Waals surface area contributed by atoms with Crippen LogP contribution in [0, 0.1) is 0 Å². The van der Waals surface area contributed by atoms with Crippen LogP contribution in [0.5, 0.6) is 0 Å². The Balaban J connectivity index is 2.06. The second-order valence-electron chi connectivity index (χ2n) is 6.69. The Morgan fingerprint density at radius 2 is 1.70 bits per heavy atom. The quantitative estimate of drug-likeness (QED) is 0.581. The lowest BCUT2D eigenvalue weighted by Gasteiger charge is -2.22. The minimum absolute atomic E-state index is 0.129. The first-order valence-electron chi connectivity index (χ1n) is 9.13. The van der Waals surface area contributed by atoms with Crippen molar-refractivity contribution in [3.05, 3.63) is 60.3 Å². The standard InChI is InChI=1S/C21H22N2O6S/c1-13(19(20(24)28-2)23-21(25)29-3)17-12-22-18-10-9-15(11-16(17)18)30(26,27)14-7-5-4-6-8-14/h4-13,19,22H,1-3H3,(H,23,25)/t13-,19-/m0/s1. The van der Waals surface area contributed by atoms with Crippen LogP contribution in [0.15, 0.2) is 64.5 Å². The second kappa shape index (κ2) is 8.58. The summed E-state index contributed by atoms with van der Waals surface area (Å²) < 4.78 is 35.4. The zero-order valence-electron chi connectivity index (χ0n) is 16.7. The number of fused-ring (bicyclic) bond motifs is 1. The molecule has 0 saturated carbocycles. The summed E-state index contributed by atoms with van der Waals surface area (Å²) >= 11 is 0. The lowest BCUT2D eigenvalue weighted by molar-refractivity contribution is -0.143. The molecular formula is C21H22N2O6S. The maximum Gasteiger partial charge on any atom is 0.407 e. The van der Waals surface area contributed by atoms with Gasteiger partial charge in [0.1, 0.15) is 6.04 Å². The van der Waals surface area contributed by atoms with Crippen molar-refractivity contribution in [1.82, 2.24) is 10.3 Å². The van der Waals surface area contributed by atoms with Crippen LogP contribution in [0.2, 0.25) is 0 Å². The Bertz CT molecular complexity index is 1170. The van der Waals surface area contributed by atoms with E-state index in [1.807, 2.05) is 0 Å². The fourth-order valence-electron chi connectivity index (χ4n) is 3.28. The number of alkyl carbamates (subject to hydrolysis) is 1. The number of nitrogens with one attached hydrogen (secondary N) is 2. The topological polar surface area (TPSA) is 115 Å². The Morgan fingerprint density at radius 3 is 2.33 bits per heavy atom. The molecular weight excluding hydrogens is 408 g/mol. The van der Waals surface area contributed by atoms with Crippen LogP contribution in [0.4, 0.5) is 4.79 Å². The summed E-state index contributed by atoms with van der Waals surface area (Å²) in [6.07, 6.45) is 0.910. The van der Waals surface area contributed by atoms with E-state index in [0.717, 1.165) is 0 Å². The average Bonchev–Trinajstić information content (AvgIpc) is 3.20. The molecule has 2 aromatic carbocycles. The van der Waals surface area contributed by atoms with Gasteiger partial charge < -0.3 is 19.8 Å². The summed E-state index contributed by atoms with van der Waals surface area (Å²) in [5, 5.41) is 3.10. The van der Waals surface area contributed by atoms with Crippen molar-refractivity contribution in [1.29, 1.82) is 0 Å². The summed E-state index contributed by atoms with van der Waals surface area (Å²) in [6, 6.07) is 11.9. The molecule has 0 aliphatic heterocycles. The van der Waals surface area contributed by atoms with Crippen molar-refractivity contribution in [2.24, 2.45) is 0 Å². The first-order valence-corrected chi connectivity index (χ1v) is 10.6. The average molecular weight is 430 g/mol. The van der Waals surface area contributed by atoms with Crippen molar-refractivity contribution in [2.45, 2.75) is 28.7 Å². The van der Waals surface area contributed by atoms with Crippen LogP contribution >= 0.6 is 0 Å². The van der Waals surface area contributed by atoms with Gasteiger partial charge in [-0.15, -0.1) is 0 Å². The molecule has 0 saturated heterocycles. The number of ether oxygens (including phenoxy) is 2. The molecule has 2 atom stereocenters. The zero-order valence-corrected chi connectivity index (χ0v) is 17.5.